The van der Waals surface area contributed by atoms with Crippen molar-refractivity contribution in [1.29, 1.82) is 0 Å². The molecule has 3 heterocycles. The van der Waals surface area contributed by atoms with Gasteiger partial charge in [-0.1, -0.05) is 12.5 Å². The molecule has 1 aliphatic carbocycles. The molecule has 6 heteroatoms. The summed E-state index contributed by atoms with van der Waals surface area (Å²) in [5.41, 5.74) is 2.43. The van der Waals surface area contributed by atoms with Gasteiger partial charge in [0, 0.05) is 44.9 Å². The molecule has 0 aromatic carbocycles. The van der Waals surface area contributed by atoms with Gasteiger partial charge in [-0.05, 0) is 44.2 Å². The summed E-state index contributed by atoms with van der Waals surface area (Å²) in [5, 5.41) is 8.84. The van der Waals surface area contributed by atoms with E-state index in [9.17, 15) is 0 Å². The second kappa shape index (κ2) is 7.84. The lowest BCUT2D eigenvalue weighted by molar-refractivity contribution is 0.0542. The monoisotopic (exact) mass is 355 g/mol. The van der Waals surface area contributed by atoms with Gasteiger partial charge in [-0.3, -0.25) is 9.88 Å². The van der Waals surface area contributed by atoms with Crippen LogP contribution in [-0.4, -0.2) is 43.8 Å². The Labute approximate surface area is 155 Å². The zero-order valence-corrected chi connectivity index (χ0v) is 15.9. The minimum Gasteiger partial charge on any atom is -0.373 e. The van der Waals surface area contributed by atoms with Crippen LogP contribution < -0.4 is 0 Å². The predicted molar refractivity (Wildman–Crippen MR) is 99.6 cm³/mol. The fraction of sp³-hybridized carbons (Fsp3) is 0.650. The van der Waals surface area contributed by atoms with Crippen LogP contribution in [0.15, 0.2) is 18.3 Å². The number of ether oxygens (including phenoxy) is 1. The molecule has 2 aromatic rings. The molecular weight excluding hydrogens is 326 g/mol. The van der Waals surface area contributed by atoms with E-state index in [1.165, 1.54) is 30.5 Å². The van der Waals surface area contributed by atoms with Crippen molar-refractivity contribution in [2.24, 2.45) is 5.92 Å². The highest BCUT2D eigenvalue weighted by Gasteiger charge is 2.25. The molecular formula is C20H29N5O. The summed E-state index contributed by atoms with van der Waals surface area (Å²) in [6.07, 6.45) is 6.80. The Morgan fingerprint density at radius 1 is 1.23 bits per heavy atom. The van der Waals surface area contributed by atoms with Crippen LogP contribution in [0.5, 0.6) is 0 Å². The van der Waals surface area contributed by atoms with Crippen LogP contribution >= 0.6 is 0 Å². The highest BCUT2D eigenvalue weighted by atomic mass is 16.5. The third kappa shape index (κ3) is 3.81. The van der Waals surface area contributed by atoms with Crippen LogP contribution in [0.25, 0.3) is 0 Å². The highest BCUT2D eigenvalue weighted by Crippen LogP contribution is 2.26. The molecule has 2 aromatic heterocycles. The van der Waals surface area contributed by atoms with Gasteiger partial charge in [0.15, 0.2) is 5.82 Å². The standard InChI is InChI=1S/C20H29N5O/c1-15-5-4-8-21-18(15)12-24-9-10-25-19(11-16(24)2)22-23-20(25)14-26-13-17-6-3-7-17/h4-5,8,16-17H,3,6-7,9-14H2,1-2H3/t16-/m0/s1. The number of fused-ring (bicyclic) bond motifs is 1. The highest BCUT2D eigenvalue weighted by molar-refractivity contribution is 5.17. The summed E-state index contributed by atoms with van der Waals surface area (Å²) in [6, 6.07) is 4.56. The smallest absolute Gasteiger partial charge is 0.159 e. The van der Waals surface area contributed by atoms with E-state index < -0.39 is 0 Å². The topological polar surface area (TPSA) is 56.1 Å². The first-order valence-corrected chi connectivity index (χ1v) is 9.84. The number of nitrogens with zero attached hydrogens (tertiary/aromatic N) is 5. The van der Waals surface area contributed by atoms with Crippen molar-refractivity contribution in [3.05, 3.63) is 41.2 Å². The number of aromatic nitrogens is 4. The Bertz CT molecular complexity index is 740. The maximum Gasteiger partial charge on any atom is 0.159 e. The van der Waals surface area contributed by atoms with E-state index in [0.29, 0.717) is 12.6 Å². The Balaban J connectivity index is 1.39. The summed E-state index contributed by atoms with van der Waals surface area (Å²) in [4.78, 5) is 7.07. The van der Waals surface area contributed by atoms with Crippen molar-refractivity contribution in [3.63, 3.8) is 0 Å². The molecule has 1 fully saturated rings. The lowest BCUT2D eigenvalue weighted by Gasteiger charge is -2.26. The number of rotatable bonds is 6. The molecule has 0 saturated heterocycles. The molecule has 0 unspecified atom stereocenters. The van der Waals surface area contributed by atoms with Gasteiger partial charge < -0.3 is 9.30 Å². The van der Waals surface area contributed by atoms with Crippen LogP contribution in [0, 0.1) is 12.8 Å². The van der Waals surface area contributed by atoms with Crippen molar-refractivity contribution >= 4 is 0 Å². The van der Waals surface area contributed by atoms with Gasteiger partial charge in [0.1, 0.15) is 12.4 Å². The van der Waals surface area contributed by atoms with E-state index in [-0.39, 0.29) is 0 Å². The molecule has 4 rings (SSSR count). The number of hydrogen-bond donors (Lipinski definition) is 0. The second-order valence-electron chi connectivity index (χ2n) is 7.79. The summed E-state index contributed by atoms with van der Waals surface area (Å²) in [5.74, 6) is 2.82. The molecule has 1 atom stereocenters. The van der Waals surface area contributed by atoms with E-state index >= 15 is 0 Å². The van der Waals surface area contributed by atoms with Crippen LogP contribution in [0.2, 0.25) is 0 Å². The number of pyridine rings is 1. The first-order valence-electron chi connectivity index (χ1n) is 9.84. The zero-order chi connectivity index (χ0) is 17.9. The van der Waals surface area contributed by atoms with Gasteiger partial charge in [0.05, 0.1) is 5.69 Å². The summed E-state index contributed by atoms with van der Waals surface area (Å²) in [6.45, 7) is 8.64. The van der Waals surface area contributed by atoms with E-state index in [1.54, 1.807) is 0 Å². The minimum atomic E-state index is 0.422. The lowest BCUT2D eigenvalue weighted by Crippen LogP contribution is -2.34. The van der Waals surface area contributed by atoms with Gasteiger partial charge in [-0.15, -0.1) is 10.2 Å². The van der Waals surface area contributed by atoms with Gasteiger partial charge in [0.2, 0.25) is 0 Å². The van der Waals surface area contributed by atoms with Crippen molar-refractivity contribution in [1.82, 2.24) is 24.6 Å². The van der Waals surface area contributed by atoms with Crippen LogP contribution in [0.4, 0.5) is 0 Å². The molecule has 1 saturated carbocycles. The SMILES string of the molecule is Cc1cccnc1CN1CCn2c(COCC3CCC3)nnc2C[C@@H]1C. The Kier molecular flexibility index (Phi) is 5.31. The summed E-state index contributed by atoms with van der Waals surface area (Å²) >= 11 is 0. The van der Waals surface area contributed by atoms with Gasteiger partial charge in [-0.25, -0.2) is 0 Å². The molecule has 0 N–H and O–H groups in total. The second-order valence-corrected chi connectivity index (χ2v) is 7.79. The average molecular weight is 355 g/mol. The largest absolute Gasteiger partial charge is 0.373 e. The Morgan fingerprint density at radius 2 is 2.12 bits per heavy atom. The Hall–Kier alpha value is -1.79. The summed E-state index contributed by atoms with van der Waals surface area (Å²) in [7, 11) is 0. The van der Waals surface area contributed by atoms with Crippen molar-refractivity contribution < 1.29 is 4.74 Å². The maximum atomic E-state index is 5.91. The van der Waals surface area contributed by atoms with E-state index in [1.807, 2.05) is 12.3 Å². The molecule has 6 nitrogen and oxygen atoms in total. The number of hydrogen-bond acceptors (Lipinski definition) is 5. The molecule has 0 amide bonds. The first kappa shape index (κ1) is 17.6. The molecule has 0 bridgehead atoms. The maximum absolute atomic E-state index is 5.91. The quantitative estimate of drug-likeness (QED) is 0.797. The third-order valence-electron chi connectivity index (χ3n) is 5.90. The lowest BCUT2D eigenvalue weighted by atomic mass is 9.86. The average Bonchev–Trinajstić information content (AvgIpc) is 2.89. The molecule has 0 radical (unpaired) electrons. The molecule has 140 valence electrons. The zero-order valence-electron chi connectivity index (χ0n) is 15.9. The van der Waals surface area contributed by atoms with E-state index in [2.05, 4.69) is 44.6 Å². The number of aryl methyl sites for hydroxylation is 1. The fourth-order valence-corrected chi connectivity index (χ4v) is 3.82. The molecule has 26 heavy (non-hydrogen) atoms. The predicted octanol–water partition coefficient (Wildman–Crippen LogP) is 2.75. The molecule has 1 aliphatic heterocycles. The van der Waals surface area contributed by atoms with Gasteiger partial charge in [0.25, 0.3) is 0 Å². The van der Waals surface area contributed by atoms with Crippen LogP contribution in [0.1, 0.15) is 49.1 Å². The minimum absolute atomic E-state index is 0.422. The van der Waals surface area contributed by atoms with Crippen molar-refractivity contribution in [2.45, 2.75) is 65.3 Å². The van der Waals surface area contributed by atoms with Crippen molar-refractivity contribution in [2.75, 3.05) is 13.2 Å². The third-order valence-corrected chi connectivity index (χ3v) is 5.90. The van der Waals surface area contributed by atoms with Gasteiger partial charge >= 0.3 is 0 Å². The fourth-order valence-electron chi connectivity index (χ4n) is 3.82. The molecule has 2 aliphatic rings. The van der Waals surface area contributed by atoms with E-state index in [0.717, 1.165) is 50.2 Å². The first-order chi connectivity index (χ1) is 12.7. The summed E-state index contributed by atoms with van der Waals surface area (Å²) < 4.78 is 8.17. The van der Waals surface area contributed by atoms with Crippen LogP contribution in [0.3, 0.4) is 0 Å². The van der Waals surface area contributed by atoms with Crippen molar-refractivity contribution in [3.8, 4) is 0 Å². The normalized spacial score (nSPS) is 21.2. The Morgan fingerprint density at radius 3 is 2.88 bits per heavy atom. The molecule has 0 spiro atoms. The van der Waals surface area contributed by atoms with Crippen LogP contribution in [-0.2, 0) is 30.9 Å². The van der Waals surface area contributed by atoms with E-state index in [4.69, 9.17) is 4.74 Å². The van der Waals surface area contributed by atoms with Gasteiger partial charge in [-0.2, -0.15) is 0 Å².